The van der Waals surface area contributed by atoms with Gasteiger partial charge in [0.05, 0.1) is 10.9 Å². The first-order valence-electron chi connectivity index (χ1n) is 5.52. The van der Waals surface area contributed by atoms with Crippen LogP contribution in [0.3, 0.4) is 0 Å². The van der Waals surface area contributed by atoms with Gasteiger partial charge in [-0.05, 0) is 36.8 Å². The van der Waals surface area contributed by atoms with Crippen molar-refractivity contribution in [1.82, 2.24) is 14.6 Å². The molecule has 0 bridgehead atoms. The predicted molar refractivity (Wildman–Crippen MR) is 74.4 cm³/mol. The van der Waals surface area contributed by atoms with E-state index in [2.05, 4.69) is 15.4 Å². The average molecular weight is 279 g/mol. The lowest BCUT2D eigenvalue weighted by molar-refractivity contribution is 0.949. The monoisotopic (exact) mass is 278 g/mol. The Balaban J connectivity index is 1.78. The summed E-state index contributed by atoms with van der Waals surface area (Å²) in [4.78, 5) is 5.57. The van der Waals surface area contributed by atoms with Crippen LogP contribution in [0.2, 0.25) is 4.34 Å². The molecule has 0 aliphatic rings. The lowest BCUT2D eigenvalue weighted by atomic mass is 10.3. The summed E-state index contributed by atoms with van der Waals surface area (Å²) in [6, 6.07) is 7.90. The number of halogens is 1. The Morgan fingerprint density at radius 1 is 1.39 bits per heavy atom. The Kier molecular flexibility index (Phi) is 2.93. The number of fused-ring (bicyclic) bond motifs is 1. The molecule has 0 fully saturated rings. The molecule has 4 nitrogen and oxygen atoms in total. The Morgan fingerprint density at radius 3 is 3.06 bits per heavy atom. The summed E-state index contributed by atoms with van der Waals surface area (Å²) in [6.45, 7) is 2.72. The summed E-state index contributed by atoms with van der Waals surface area (Å²) in [5.41, 5.74) is 2.02. The zero-order valence-electron chi connectivity index (χ0n) is 9.72. The van der Waals surface area contributed by atoms with Crippen molar-refractivity contribution >= 4 is 34.5 Å². The maximum absolute atomic E-state index is 5.88. The van der Waals surface area contributed by atoms with Crippen molar-refractivity contribution in [3.8, 4) is 0 Å². The number of aryl methyl sites for hydroxylation is 1. The summed E-state index contributed by atoms with van der Waals surface area (Å²) in [5, 5.41) is 7.53. The molecular weight excluding hydrogens is 268 g/mol. The first-order valence-corrected chi connectivity index (χ1v) is 6.71. The van der Waals surface area contributed by atoms with Crippen LogP contribution in [-0.2, 0) is 6.54 Å². The van der Waals surface area contributed by atoms with E-state index in [4.69, 9.17) is 11.6 Å². The average Bonchev–Trinajstić information content (AvgIpc) is 2.92. The fourth-order valence-corrected chi connectivity index (χ4v) is 2.70. The zero-order valence-corrected chi connectivity index (χ0v) is 11.3. The van der Waals surface area contributed by atoms with Gasteiger partial charge in [-0.3, -0.25) is 0 Å². The second kappa shape index (κ2) is 4.59. The van der Waals surface area contributed by atoms with Crippen molar-refractivity contribution in [2.24, 2.45) is 0 Å². The van der Waals surface area contributed by atoms with Crippen LogP contribution < -0.4 is 5.32 Å². The molecule has 0 aliphatic heterocycles. The smallest absolute Gasteiger partial charge is 0.243 e. The molecule has 0 aromatic carbocycles. The number of thiophene rings is 1. The SMILES string of the molecule is Cc1ccn2nc(NCc3ccc(Cl)s3)nc2c1. The highest BCUT2D eigenvalue weighted by Gasteiger charge is 2.04. The van der Waals surface area contributed by atoms with Crippen molar-refractivity contribution < 1.29 is 0 Å². The minimum atomic E-state index is 0.630. The van der Waals surface area contributed by atoms with Gasteiger partial charge in [0.2, 0.25) is 5.95 Å². The van der Waals surface area contributed by atoms with Crippen molar-refractivity contribution in [2.75, 3.05) is 5.32 Å². The van der Waals surface area contributed by atoms with Gasteiger partial charge in [-0.2, -0.15) is 4.98 Å². The highest BCUT2D eigenvalue weighted by atomic mass is 35.5. The standard InChI is InChI=1S/C12H11ClN4S/c1-8-4-5-17-11(6-8)15-12(16-17)14-7-9-2-3-10(13)18-9/h2-6H,7H2,1H3,(H,14,16). The molecule has 0 amide bonds. The Hall–Kier alpha value is -1.59. The van der Waals surface area contributed by atoms with Crippen LogP contribution in [0, 0.1) is 6.92 Å². The number of nitrogens with one attached hydrogen (secondary N) is 1. The minimum absolute atomic E-state index is 0.630. The fraction of sp³-hybridized carbons (Fsp3) is 0.167. The molecule has 3 aromatic heterocycles. The molecule has 0 spiro atoms. The second-order valence-corrected chi connectivity index (χ2v) is 5.80. The van der Waals surface area contributed by atoms with E-state index in [1.807, 2.05) is 37.4 Å². The van der Waals surface area contributed by atoms with Gasteiger partial charge in [0.25, 0.3) is 0 Å². The molecule has 6 heteroatoms. The Bertz CT molecular complexity index is 688. The van der Waals surface area contributed by atoms with Gasteiger partial charge in [-0.1, -0.05) is 11.6 Å². The van der Waals surface area contributed by atoms with Crippen LogP contribution >= 0.6 is 22.9 Å². The Morgan fingerprint density at radius 2 is 2.28 bits per heavy atom. The highest BCUT2D eigenvalue weighted by molar-refractivity contribution is 7.16. The van der Waals surface area contributed by atoms with Crippen LogP contribution in [0.25, 0.3) is 5.65 Å². The third kappa shape index (κ3) is 2.32. The van der Waals surface area contributed by atoms with Gasteiger partial charge >= 0.3 is 0 Å². The topological polar surface area (TPSA) is 42.2 Å². The third-order valence-electron chi connectivity index (χ3n) is 2.54. The number of hydrogen-bond acceptors (Lipinski definition) is 4. The van der Waals surface area contributed by atoms with Crippen LogP contribution in [0.15, 0.2) is 30.5 Å². The molecule has 3 rings (SSSR count). The molecule has 0 radical (unpaired) electrons. The van der Waals surface area contributed by atoms with Crippen LogP contribution in [0.4, 0.5) is 5.95 Å². The van der Waals surface area contributed by atoms with E-state index >= 15 is 0 Å². The minimum Gasteiger partial charge on any atom is -0.348 e. The zero-order chi connectivity index (χ0) is 12.5. The summed E-state index contributed by atoms with van der Waals surface area (Å²) in [6.07, 6.45) is 1.91. The maximum Gasteiger partial charge on any atom is 0.243 e. The molecular formula is C12H11ClN4S. The van der Waals surface area contributed by atoms with E-state index in [0.717, 1.165) is 14.9 Å². The number of nitrogens with zero attached hydrogens (tertiary/aromatic N) is 3. The predicted octanol–water partition coefficient (Wildman–Crippen LogP) is 3.36. The van der Waals surface area contributed by atoms with Crippen molar-refractivity contribution in [3.05, 3.63) is 45.2 Å². The first kappa shape index (κ1) is 11.5. The third-order valence-corrected chi connectivity index (χ3v) is 3.77. The number of anilines is 1. The quantitative estimate of drug-likeness (QED) is 0.799. The summed E-state index contributed by atoms with van der Waals surface area (Å²) in [5.74, 6) is 0.630. The van der Waals surface area contributed by atoms with Crippen molar-refractivity contribution in [1.29, 1.82) is 0 Å². The molecule has 3 aromatic rings. The van der Waals surface area contributed by atoms with E-state index in [1.54, 1.807) is 15.9 Å². The number of aromatic nitrogens is 3. The van der Waals surface area contributed by atoms with E-state index in [1.165, 1.54) is 5.56 Å². The van der Waals surface area contributed by atoms with Crippen LogP contribution in [-0.4, -0.2) is 14.6 Å². The van der Waals surface area contributed by atoms with E-state index in [0.29, 0.717) is 12.5 Å². The maximum atomic E-state index is 5.88. The normalized spacial score (nSPS) is 11.0. The molecule has 0 aliphatic carbocycles. The largest absolute Gasteiger partial charge is 0.348 e. The lowest BCUT2D eigenvalue weighted by Gasteiger charge is -1.96. The van der Waals surface area contributed by atoms with Gasteiger partial charge < -0.3 is 5.32 Å². The first-order chi connectivity index (χ1) is 8.70. The molecule has 92 valence electrons. The number of hydrogen-bond donors (Lipinski definition) is 1. The van der Waals surface area contributed by atoms with Crippen LogP contribution in [0.5, 0.6) is 0 Å². The lowest BCUT2D eigenvalue weighted by Crippen LogP contribution is -1.99. The summed E-state index contributed by atoms with van der Waals surface area (Å²) < 4.78 is 2.56. The molecule has 0 unspecified atom stereocenters. The van der Waals surface area contributed by atoms with Gasteiger partial charge in [0.15, 0.2) is 5.65 Å². The molecule has 3 heterocycles. The van der Waals surface area contributed by atoms with E-state index in [-0.39, 0.29) is 0 Å². The molecule has 18 heavy (non-hydrogen) atoms. The van der Waals surface area contributed by atoms with Gasteiger partial charge in [-0.15, -0.1) is 16.4 Å². The number of pyridine rings is 1. The van der Waals surface area contributed by atoms with Crippen molar-refractivity contribution in [2.45, 2.75) is 13.5 Å². The molecule has 0 saturated heterocycles. The summed E-state index contributed by atoms with van der Waals surface area (Å²) in [7, 11) is 0. The fourth-order valence-electron chi connectivity index (χ4n) is 1.67. The Labute approximate surface area is 113 Å². The van der Waals surface area contributed by atoms with Gasteiger partial charge in [0, 0.05) is 11.1 Å². The molecule has 0 atom stereocenters. The van der Waals surface area contributed by atoms with E-state index < -0.39 is 0 Å². The molecule has 1 N–H and O–H groups in total. The van der Waals surface area contributed by atoms with Gasteiger partial charge in [0.1, 0.15) is 0 Å². The van der Waals surface area contributed by atoms with E-state index in [9.17, 15) is 0 Å². The van der Waals surface area contributed by atoms with Crippen LogP contribution in [0.1, 0.15) is 10.4 Å². The van der Waals surface area contributed by atoms with Gasteiger partial charge in [-0.25, -0.2) is 4.52 Å². The number of rotatable bonds is 3. The van der Waals surface area contributed by atoms with Crippen molar-refractivity contribution in [3.63, 3.8) is 0 Å². The molecule has 0 saturated carbocycles. The second-order valence-electron chi connectivity index (χ2n) is 4.00. The summed E-state index contributed by atoms with van der Waals surface area (Å²) >= 11 is 7.44. The highest BCUT2D eigenvalue weighted by Crippen LogP contribution is 2.21.